The maximum atomic E-state index is 14.5. The van der Waals surface area contributed by atoms with Crippen LogP contribution >= 0.6 is 0 Å². The molecule has 0 atom stereocenters. The summed E-state index contributed by atoms with van der Waals surface area (Å²) in [5.41, 5.74) is 7.01. The van der Waals surface area contributed by atoms with E-state index in [1.54, 1.807) is 13.2 Å². The fourth-order valence-electron chi connectivity index (χ4n) is 4.70. The van der Waals surface area contributed by atoms with E-state index in [4.69, 9.17) is 9.84 Å². The molecule has 182 valence electrons. The highest BCUT2D eigenvalue weighted by Crippen LogP contribution is 2.47. The number of rotatable bonds is 7. The van der Waals surface area contributed by atoms with Crippen LogP contribution in [0.25, 0.3) is 28.1 Å². The lowest BCUT2D eigenvalue weighted by Crippen LogP contribution is -2.16. The highest BCUT2D eigenvalue weighted by molar-refractivity contribution is 6.02. The number of aliphatic carboxylic acids is 1. The van der Waals surface area contributed by atoms with E-state index in [0.29, 0.717) is 16.8 Å². The molecule has 2 aromatic heterocycles. The quantitative estimate of drug-likeness (QED) is 0.303. The van der Waals surface area contributed by atoms with Crippen molar-refractivity contribution in [3.8, 4) is 5.75 Å². The number of allylic oxidation sites excluding steroid dienone is 1. The Kier molecular flexibility index (Phi) is 6.38. The molecule has 1 saturated carbocycles. The second-order valence-corrected chi connectivity index (χ2v) is 9.01. The van der Waals surface area contributed by atoms with Gasteiger partial charge in [-0.1, -0.05) is 36.8 Å². The first-order valence-electron chi connectivity index (χ1n) is 11.8. The van der Waals surface area contributed by atoms with E-state index >= 15 is 0 Å². The van der Waals surface area contributed by atoms with E-state index in [1.165, 1.54) is 0 Å². The number of aromatic nitrogens is 3. The van der Waals surface area contributed by atoms with Gasteiger partial charge in [-0.15, -0.1) is 0 Å². The molecular formula is C29H26FN3O3. The lowest BCUT2D eigenvalue weighted by atomic mass is 9.73. The van der Waals surface area contributed by atoms with Crippen molar-refractivity contribution in [1.29, 1.82) is 0 Å². The van der Waals surface area contributed by atoms with Gasteiger partial charge in [0, 0.05) is 29.6 Å². The van der Waals surface area contributed by atoms with Crippen molar-refractivity contribution in [3.63, 3.8) is 0 Å². The number of hydrogen-bond donors (Lipinski definition) is 2. The maximum absolute atomic E-state index is 14.5. The van der Waals surface area contributed by atoms with Gasteiger partial charge >= 0.3 is 5.97 Å². The number of methoxy groups -OCH3 is 1. The molecule has 2 aromatic carbocycles. The number of aromatic amines is 1. The highest BCUT2D eigenvalue weighted by Gasteiger charge is 2.29. The molecule has 7 heteroatoms. The molecule has 0 aliphatic heterocycles. The zero-order valence-electron chi connectivity index (χ0n) is 20.1. The van der Waals surface area contributed by atoms with Gasteiger partial charge in [0.05, 0.1) is 18.0 Å². The molecule has 36 heavy (non-hydrogen) atoms. The molecule has 0 bridgehead atoms. The molecule has 5 rings (SSSR count). The van der Waals surface area contributed by atoms with Crippen LogP contribution in [0.3, 0.4) is 0 Å². The van der Waals surface area contributed by atoms with Crippen LogP contribution in [0.2, 0.25) is 0 Å². The summed E-state index contributed by atoms with van der Waals surface area (Å²) in [5.74, 6) is -0.421. The van der Waals surface area contributed by atoms with Gasteiger partial charge in [-0.3, -0.25) is 10.1 Å². The van der Waals surface area contributed by atoms with Crippen LogP contribution in [0.15, 0.2) is 60.8 Å². The number of aryl methyl sites for hydroxylation is 1. The van der Waals surface area contributed by atoms with Crippen molar-refractivity contribution >= 4 is 34.1 Å². The largest absolute Gasteiger partial charge is 0.496 e. The van der Waals surface area contributed by atoms with Crippen LogP contribution in [0.1, 0.15) is 47.2 Å². The Bertz CT molecular complexity index is 1500. The van der Waals surface area contributed by atoms with E-state index < -0.39 is 11.9 Å². The molecule has 0 amide bonds. The standard InChI is InChI=1S/C29H26FN3O3/c1-17-14-25(36-2)23(16-31-17)28(19-4-3-5-19)27(20-9-6-18(7-10-20)8-13-26(34)35)21-11-12-24-22(15-21)29(30)33-32-24/h6-16,19H,3-5H2,1-2H3,(H,32,33)(H,34,35)/b13-8+,28-27+. The second kappa shape index (κ2) is 9.77. The molecule has 4 aromatic rings. The Morgan fingerprint density at radius 2 is 1.89 bits per heavy atom. The van der Waals surface area contributed by atoms with Crippen LogP contribution in [-0.4, -0.2) is 33.4 Å². The summed E-state index contributed by atoms with van der Waals surface area (Å²) in [6.45, 7) is 1.93. The van der Waals surface area contributed by atoms with E-state index in [9.17, 15) is 9.18 Å². The molecular weight excluding hydrogens is 457 g/mol. The first-order chi connectivity index (χ1) is 17.4. The summed E-state index contributed by atoms with van der Waals surface area (Å²) in [6, 6.07) is 15.3. The van der Waals surface area contributed by atoms with Crippen LogP contribution in [0, 0.1) is 18.8 Å². The van der Waals surface area contributed by atoms with Crippen LogP contribution in [0.4, 0.5) is 4.39 Å². The average Bonchev–Trinajstić information content (AvgIpc) is 3.22. The number of hydrogen-bond acceptors (Lipinski definition) is 4. The van der Waals surface area contributed by atoms with Gasteiger partial charge in [-0.25, -0.2) is 4.79 Å². The predicted molar refractivity (Wildman–Crippen MR) is 138 cm³/mol. The minimum Gasteiger partial charge on any atom is -0.496 e. The zero-order chi connectivity index (χ0) is 25.2. The van der Waals surface area contributed by atoms with Crippen LogP contribution in [0.5, 0.6) is 5.75 Å². The molecule has 0 unspecified atom stereocenters. The monoisotopic (exact) mass is 483 g/mol. The molecule has 2 heterocycles. The molecule has 2 N–H and O–H groups in total. The summed E-state index contributed by atoms with van der Waals surface area (Å²) < 4.78 is 20.3. The predicted octanol–water partition coefficient (Wildman–Crippen LogP) is 6.27. The molecule has 0 saturated heterocycles. The molecule has 1 aliphatic rings. The van der Waals surface area contributed by atoms with Crippen molar-refractivity contribution in [2.24, 2.45) is 5.92 Å². The number of carboxylic acid groups (broad SMARTS) is 1. The Hall–Kier alpha value is -4.26. The van der Waals surface area contributed by atoms with Gasteiger partial charge in [0.15, 0.2) is 0 Å². The van der Waals surface area contributed by atoms with Gasteiger partial charge in [0.2, 0.25) is 5.95 Å². The molecule has 1 fully saturated rings. The number of benzene rings is 2. The number of carboxylic acids is 1. The Labute approximate surface area is 208 Å². The fourth-order valence-corrected chi connectivity index (χ4v) is 4.70. The van der Waals surface area contributed by atoms with Crippen molar-refractivity contribution in [3.05, 3.63) is 94.7 Å². The third-order valence-corrected chi connectivity index (χ3v) is 6.71. The Balaban J connectivity index is 1.78. The third kappa shape index (κ3) is 4.52. The van der Waals surface area contributed by atoms with Gasteiger partial charge < -0.3 is 9.84 Å². The van der Waals surface area contributed by atoms with Gasteiger partial charge in [-0.05, 0) is 71.7 Å². The van der Waals surface area contributed by atoms with Crippen molar-refractivity contribution in [2.75, 3.05) is 7.11 Å². The van der Waals surface area contributed by atoms with E-state index in [-0.39, 0.29) is 0 Å². The van der Waals surface area contributed by atoms with Crippen molar-refractivity contribution in [1.82, 2.24) is 15.2 Å². The molecule has 0 radical (unpaired) electrons. The van der Waals surface area contributed by atoms with Crippen molar-refractivity contribution in [2.45, 2.75) is 26.2 Å². The third-order valence-electron chi connectivity index (χ3n) is 6.71. The second-order valence-electron chi connectivity index (χ2n) is 9.01. The summed E-state index contributed by atoms with van der Waals surface area (Å²) >= 11 is 0. The number of nitrogens with one attached hydrogen (secondary N) is 1. The van der Waals surface area contributed by atoms with E-state index in [2.05, 4.69) is 15.2 Å². The lowest BCUT2D eigenvalue weighted by molar-refractivity contribution is -0.131. The number of nitrogens with zero attached hydrogens (tertiary/aromatic N) is 2. The number of halogens is 1. The topological polar surface area (TPSA) is 88.1 Å². The highest BCUT2D eigenvalue weighted by atomic mass is 19.1. The molecule has 0 spiro atoms. The van der Waals surface area contributed by atoms with E-state index in [0.717, 1.165) is 70.2 Å². The fraction of sp³-hybridized carbons (Fsp3) is 0.207. The van der Waals surface area contributed by atoms with Crippen LogP contribution < -0.4 is 4.74 Å². The summed E-state index contributed by atoms with van der Waals surface area (Å²) in [6.07, 6.45) is 7.75. The number of fused-ring (bicyclic) bond motifs is 1. The smallest absolute Gasteiger partial charge is 0.328 e. The summed E-state index contributed by atoms with van der Waals surface area (Å²) in [5, 5.41) is 15.9. The number of pyridine rings is 1. The maximum Gasteiger partial charge on any atom is 0.328 e. The molecule has 1 aliphatic carbocycles. The van der Waals surface area contributed by atoms with Gasteiger partial charge in [0.1, 0.15) is 5.75 Å². The Morgan fingerprint density at radius 1 is 1.14 bits per heavy atom. The number of carbonyl (C=O) groups is 1. The zero-order valence-corrected chi connectivity index (χ0v) is 20.1. The van der Waals surface area contributed by atoms with Crippen molar-refractivity contribution < 1.29 is 19.0 Å². The normalized spacial score (nSPS) is 14.6. The average molecular weight is 484 g/mol. The summed E-state index contributed by atoms with van der Waals surface area (Å²) in [4.78, 5) is 15.5. The first-order valence-corrected chi connectivity index (χ1v) is 11.8. The number of ether oxygens (including phenoxy) is 1. The van der Waals surface area contributed by atoms with Gasteiger partial charge in [0.25, 0.3) is 0 Å². The SMILES string of the molecule is COc1cc(C)ncc1/C(=C(\c1ccc(/C=C/C(=O)O)cc1)c1ccc2n[nH]c(F)c2c1)C1CCC1. The minimum absolute atomic E-state index is 0.301. The first kappa shape index (κ1) is 23.5. The van der Waals surface area contributed by atoms with Crippen LogP contribution in [-0.2, 0) is 4.79 Å². The number of H-pyrrole nitrogens is 1. The van der Waals surface area contributed by atoms with Gasteiger partial charge in [-0.2, -0.15) is 9.49 Å². The van der Waals surface area contributed by atoms with E-state index in [1.807, 2.05) is 61.7 Å². The Morgan fingerprint density at radius 3 is 2.56 bits per heavy atom. The minimum atomic E-state index is -0.999. The summed E-state index contributed by atoms with van der Waals surface area (Å²) in [7, 11) is 1.66. The molecule has 6 nitrogen and oxygen atoms in total. The lowest BCUT2D eigenvalue weighted by Gasteiger charge is -2.32.